The first-order valence-electron chi connectivity index (χ1n) is 5.01. The summed E-state index contributed by atoms with van der Waals surface area (Å²) in [5.41, 5.74) is 5.58. The second-order valence-electron chi connectivity index (χ2n) is 3.94. The maximum absolute atomic E-state index is 5.58. The molecule has 0 bridgehead atoms. The lowest BCUT2D eigenvalue weighted by molar-refractivity contribution is 0.237. The Labute approximate surface area is 81.9 Å². The molecule has 3 rings (SSSR count). The van der Waals surface area contributed by atoms with Crippen molar-refractivity contribution in [3.05, 3.63) is 0 Å². The van der Waals surface area contributed by atoms with Gasteiger partial charge in [-0.3, -0.25) is 0 Å². The van der Waals surface area contributed by atoms with Crippen molar-refractivity contribution in [3.63, 3.8) is 0 Å². The average molecular weight is 194 g/mol. The van der Waals surface area contributed by atoms with E-state index in [0.717, 1.165) is 32.0 Å². The van der Waals surface area contributed by atoms with Gasteiger partial charge in [-0.1, -0.05) is 0 Å². The van der Waals surface area contributed by atoms with Gasteiger partial charge in [0.05, 0.1) is 6.04 Å². The van der Waals surface area contributed by atoms with Crippen LogP contribution < -0.4 is 16.4 Å². The highest BCUT2D eigenvalue weighted by Gasteiger charge is 2.32. The first kappa shape index (κ1) is 8.05. The van der Waals surface area contributed by atoms with Gasteiger partial charge in [0.1, 0.15) is 0 Å². The summed E-state index contributed by atoms with van der Waals surface area (Å²) in [6, 6.07) is 0.470. The number of anilines is 2. The molecule has 1 saturated heterocycles. The molecule has 0 saturated carbocycles. The molecule has 76 valence electrons. The van der Waals surface area contributed by atoms with Gasteiger partial charge in [-0.2, -0.15) is 4.98 Å². The summed E-state index contributed by atoms with van der Waals surface area (Å²) in [6.07, 6.45) is 1.11. The summed E-state index contributed by atoms with van der Waals surface area (Å²) in [4.78, 5) is 4.14. The molecule has 1 fully saturated rings. The topological polar surface area (TPSA) is 80.8 Å². The van der Waals surface area contributed by atoms with Gasteiger partial charge in [0.25, 0.3) is 0 Å². The number of piperidine rings is 1. The van der Waals surface area contributed by atoms with Crippen LogP contribution in [0.2, 0.25) is 0 Å². The highest BCUT2D eigenvalue weighted by molar-refractivity contribution is 5.34. The van der Waals surface area contributed by atoms with Crippen LogP contribution >= 0.6 is 0 Å². The maximum Gasteiger partial charge on any atom is 0.241 e. The molecule has 1 aromatic heterocycles. The molecule has 0 aliphatic carbocycles. The monoisotopic (exact) mass is 194 g/mol. The Bertz CT molecular complexity index is 346. The molecule has 0 aromatic carbocycles. The Morgan fingerprint density at radius 3 is 3.29 bits per heavy atom. The van der Waals surface area contributed by atoms with Gasteiger partial charge in [0, 0.05) is 19.0 Å². The van der Waals surface area contributed by atoms with Crippen molar-refractivity contribution in [2.24, 2.45) is 5.92 Å². The van der Waals surface area contributed by atoms with Crippen LogP contribution in [0, 0.1) is 5.92 Å². The fourth-order valence-electron chi connectivity index (χ4n) is 2.35. The number of rotatable bonds is 0. The smallest absolute Gasteiger partial charge is 0.241 e. The van der Waals surface area contributed by atoms with E-state index in [2.05, 4.69) is 20.7 Å². The van der Waals surface area contributed by atoms with E-state index in [0.29, 0.717) is 17.9 Å². The number of aromatic nitrogens is 3. The van der Waals surface area contributed by atoms with Crippen LogP contribution in [0.3, 0.4) is 0 Å². The molecule has 0 amide bonds. The third kappa shape index (κ3) is 1.07. The van der Waals surface area contributed by atoms with Crippen LogP contribution in [0.1, 0.15) is 12.5 Å². The summed E-state index contributed by atoms with van der Waals surface area (Å²) >= 11 is 0. The minimum Gasteiger partial charge on any atom is -0.366 e. The number of nitrogen functional groups attached to an aromatic ring is 1. The summed E-state index contributed by atoms with van der Waals surface area (Å²) in [5, 5.41) is 10.9. The number of nitrogens with two attached hydrogens (primary N) is 1. The maximum atomic E-state index is 5.58. The highest BCUT2D eigenvalue weighted by atomic mass is 15.5. The van der Waals surface area contributed by atoms with Crippen molar-refractivity contribution >= 4 is 11.9 Å². The molecule has 6 heteroatoms. The molecular formula is C8H14N6. The van der Waals surface area contributed by atoms with Gasteiger partial charge in [-0.15, -0.1) is 5.10 Å². The molecule has 4 N–H and O–H groups in total. The zero-order valence-electron chi connectivity index (χ0n) is 7.90. The Morgan fingerprint density at radius 2 is 2.36 bits per heavy atom. The molecule has 1 aromatic rings. The third-order valence-corrected chi connectivity index (χ3v) is 3.05. The highest BCUT2D eigenvalue weighted by Crippen LogP contribution is 2.31. The van der Waals surface area contributed by atoms with Crippen LogP contribution in [0.15, 0.2) is 0 Å². The van der Waals surface area contributed by atoms with E-state index in [1.165, 1.54) is 0 Å². The molecule has 0 radical (unpaired) electrons. The molecule has 14 heavy (non-hydrogen) atoms. The van der Waals surface area contributed by atoms with E-state index < -0.39 is 0 Å². The van der Waals surface area contributed by atoms with Crippen molar-refractivity contribution in [1.29, 1.82) is 0 Å². The predicted molar refractivity (Wildman–Crippen MR) is 52.9 cm³/mol. The summed E-state index contributed by atoms with van der Waals surface area (Å²) in [5.74, 6) is 1.80. The SMILES string of the molecule is Nc1nc2n(n1)C1CCNCC1CN2. The standard InChI is InChI=1S/C8H14N6/c9-7-12-8-11-4-5-3-10-2-1-6(5)14(8)13-7/h5-6,10H,1-4H2,(H3,9,11,12,13). The first-order valence-corrected chi connectivity index (χ1v) is 5.01. The van der Waals surface area contributed by atoms with E-state index in [-0.39, 0.29) is 0 Å². The Kier molecular flexibility index (Phi) is 1.63. The minimum absolute atomic E-state index is 0.367. The molecule has 2 atom stereocenters. The van der Waals surface area contributed by atoms with E-state index in [1.807, 2.05) is 4.68 Å². The predicted octanol–water partition coefficient (Wildman–Crippen LogP) is -0.564. The average Bonchev–Trinajstić information content (AvgIpc) is 2.59. The largest absolute Gasteiger partial charge is 0.366 e. The number of hydrogen-bond acceptors (Lipinski definition) is 5. The van der Waals surface area contributed by atoms with E-state index in [9.17, 15) is 0 Å². The lowest BCUT2D eigenvalue weighted by Crippen LogP contribution is -2.44. The van der Waals surface area contributed by atoms with Crippen LogP contribution in [0.4, 0.5) is 11.9 Å². The number of fused-ring (bicyclic) bond motifs is 3. The molecule has 2 aliphatic heterocycles. The molecular weight excluding hydrogens is 180 g/mol. The first-order chi connectivity index (χ1) is 6.84. The molecule has 2 aliphatic rings. The van der Waals surface area contributed by atoms with Crippen molar-refractivity contribution in [3.8, 4) is 0 Å². The second-order valence-corrected chi connectivity index (χ2v) is 3.94. The molecule has 2 unspecified atom stereocenters. The fourth-order valence-corrected chi connectivity index (χ4v) is 2.35. The van der Waals surface area contributed by atoms with Crippen molar-refractivity contribution < 1.29 is 0 Å². The summed E-state index contributed by atoms with van der Waals surface area (Å²) < 4.78 is 1.95. The molecule has 6 nitrogen and oxygen atoms in total. The van der Waals surface area contributed by atoms with E-state index >= 15 is 0 Å². The van der Waals surface area contributed by atoms with Gasteiger partial charge in [0.15, 0.2) is 0 Å². The van der Waals surface area contributed by atoms with Crippen LogP contribution in [0.25, 0.3) is 0 Å². The lowest BCUT2D eigenvalue weighted by atomic mass is 9.92. The summed E-state index contributed by atoms with van der Waals surface area (Å²) in [6.45, 7) is 3.08. The van der Waals surface area contributed by atoms with Crippen molar-refractivity contribution in [2.45, 2.75) is 12.5 Å². The van der Waals surface area contributed by atoms with Crippen molar-refractivity contribution in [1.82, 2.24) is 20.1 Å². The second kappa shape index (κ2) is 2.84. The lowest BCUT2D eigenvalue weighted by Gasteiger charge is -2.36. The normalized spacial score (nSPS) is 30.3. The Balaban J connectivity index is 1.98. The van der Waals surface area contributed by atoms with E-state index in [4.69, 9.17) is 5.73 Å². The van der Waals surface area contributed by atoms with Crippen molar-refractivity contribution in [2.75, 3.05) is 30.7 Å². The minimum atomic E-state index is 0.367. The number of nitrogens with zero attached hydrogens (tertiary/aromatic N) is 3. The fraction of sp³-hybridized carbons (Fsp3) is 0.750. The van der Waals surface area contributed by atoms with E-state index in [1.54, 1.807) is 0 Å². The van der Waals surface area contributed by atoms with Crippen LogP contribution in [-0.2, 0) is 0 Å². The Morgan fingerprint density at radius 1 is 1.43 bits per heavy atom. The van der Waals surface area contributed by atoms with Gasteiger partial charge in [0.2, 0.25) is 11.9 Å². The summed E-state index contributed by atoms with van der Waals surface area (Å²) in [7, 11) is 0. The molecule has 3 heterocycles. The van der Waals surface area contributed by atoms with Gasteiger partial charge in [-0.25, -0.2) is 4.68 Å². The third-order valence-electron chi connectivity index (χ3n) is 3.05. The van der Waals surface area contributed by atoms with Gasteiger partial charge >= 0.3 is 0 Å². The van der Waals surface area contributed by atoms with Gasteiger partial charge < -0.3 is 16.4 Å². The quantitative estimate of drug-likeness (QED) is 0.515. The zero-order chi connectivity index (χ0) is 9.54. The number of hydrogen-bond donors (Lipinski definition) is 3. The van der Waals surface area contributed by atoms with Crippen LogP contribution in [-0.4, -0.2) is 34.4 Å². The zero-order valence-corrected chi connectivity index (χ0v) is 7.90. The molecule has 0 spiro atoms. The Hall–Kier alpha value is -1.30. The van der Waals surface area contributed by atoms with Crippen LogP contribution in [0.5, 0.6) is 0 Å². The number of nitrogens with one attached hydrogen (secondary N) is 2. The van der Waals surface area contributed by atoms with Gasteiger partial charge in [-0.05, 0) is 13.0 Å².